The lowest BCUT2D eigenvalue weighted by molar-refractivity contribution is -0.117. The molecule has 11 heteroatoms. The molecule has 6 rings (SSSR count). The van der Waals surface area contributed by atoms with E-state index in [2.05, 4.69) is 25.5 Å². The molecule has 4 aromatic rings. The molecule has 1 aromatic carbocycles. The summed E-state index contributed by atoms with van der Waals surface area (Å²) in [5.74, 6) is -1.29. The maximum absolute atomic E-state index is 15.4. The molecule has 1 unspecified atom stereocenters. The van der Waals surface area contributed by atoms with Gasteiger partial charge in [-0.25, -0.2) is 13.8 Å². The molecule has 1 aliphatic heterocycles. The van der Waals surface area contributed by atoms with Crippen molar-refractivity contribution in [1.82, 2.24) is 24.6 Å². The Bertz CT molecular complexity index is 1380. The third kappa shape index (κ3) is 3.05. The van der Waals surface area contributed by atoms with E-state index in [1.165, 1.54) is 6.20 Å². The number of nitrogens with zero attached hydrogens (tertiary/aromatic N) is 4. The summed E-state index contributed by atoms with van der Waals surface area (Å²) in [7, 11) is 0. The van der Waals surface area contributed by atoms with Gasteiger partial charge in [0, 0.05) is 29.3 Å². The number of carbonyl (C=O) groups is 1. The van der Waals surface area contributed by atoms with Crippen molar-refractivity contribution in [3.05, 3.63) is 41.2 Å². The fourth-order valence-corrected chi connectivity index (χ4v) is 4.54. The summed E-state index contributed by atoms with van der Waals surface area (Å²) >= 11 is 6.50. The Labute approximate surface area is 184 Å². The second-order valence-electron chi connectivity index (χ2n) is 8.09. The summed E-state index contributed by atoms with van der Waals surface area (Å²) < 4.78 is 35.8. The molecule has 1 saturated heterocycles. The summed E-state index contributed by atoms with van der Waals surface area (Å²) in [6.07, 6.45) is 6.64. The third-order valence-corrected chi connectivity index (χ3v) is 6.33. The number of aromatic amines is 1. The van der Waals surface area contributed by atoms with E-state index in [-0.39, 0.29) is 23.4 Å². The quantitative estimate of drug-likeness (QED) is 0.477. The van der Waals surface area contributed by atoms with E-state index in [1.807, 2.05) is 0 Å². The number of aromatic nitrogens is 5. The largest absolute Gasteiger partial charge is 0.373 e. The number of halogens is 3. The normalized spacial score (nSPS) is 22.7. The van der Waals surface area contributed by atoms with Gasteiger partial charge < -0.3 is 14.5 Å². The second kappa shape index (κ2) is 7.21. The maximum Gasteiger partial charge on any atom is 0.231 e. The summed E-state index contributed by atoms with van der Waals surface area (Å²) in [6.45, 7) is 0.573. The number of rotatable bonds is 4. The number of fused-ring (bicyclic) bond motifs is 2. The van der Waals surface area contributed by atoms with E-state index in [0.717, 1.165) is 6.42 Å². The molecular formula is C21H17ClF2N6O2. The van der Waals surface area contributed by atoms with Crippen LogP contribution in [0, 0.1) is 11.7 Å². The van der Waals surface area contributed by atoms with Crippen molar-refractivity contribution in [3.63, 3.8) is 0 Å². The first-order chi connectivity index (χ1) is 15.5. The molecule has 3 atom stereocenters. The fraction of sp³-hybridized carbons (Fsp3) is 0.333. The van der Waals surface area contributed by atoms with E-state index in [9.17, 15) is 9.18 Å². The lowest BCUT2D eigenvalue weighted by Gasteiger charge is -2.16. The Morgan fingerprint density at radius 3 is 2.94 bits per heavy atom. The zero-order valence-electron chi connectivity index (χ0n) is 16.6. The van der Waals surface area contributed by atoms with Crippen LogP contribution in [0.5, 0.6) is 0 Å². The van der Waals surface area contributed by atoms with Crippen LogP contribution in [0.1, 0.15) is 30.9 Å². The zero-order chi connectivity index (χ0) is 22.0. The molecule has 2 aliphatic rings. The first-order valence-corrected chi connectivity index (χ1v) is 10.6. The summed E-state index contributed by atoms with van der Waals surface area (Å²) in [6, 6.07) is 0. The van der Waals surface area contributed by atoms with Gasteiger partial charge in [0.1, 0.15) is 12.0 Å². The molecule has 3 aromatic heterocycles. The Morgan fingerprint density at radius 1 is 1.34 bits per heavy atom. The molecule has 1 aliphatic carbocycles. The third-order valence-electron chi connectivity index (χ3n) is 5.98. The molecule has 32 heavy (non-hydrogen) atoms. The van der Waals surface area contributed by atoms with E-state index >= 15 is 4.39 Å². The lowest BCUT2D eigenvalue weighted by Crippen LogP contribution is -2.15. The van der Waals surface area contributed by atoms with Crippen molar-refractivity contribution in [2.45, 2.75) is 31.5 Å². The van der Waals surface area contributed by atoms with Gasteiger partial charge >= 0.3 is 0 Å². The molecule has 0 spiro atoms. The van der Waals surface area contributed by atoms with Gasteiger partial charge in [-0.1, -0.05) is 11.6 Å². The number of carbonyl (C=O) groups excluding carboxylic acids is 1. The molecule has 2 N–H and O–H groups in total. The van der Waals surface area contributed by atoms with Crippen molar-refractivity contribution in [3.8, 4) is 11.3 Å². The van der Waals surface area contributed by atoms with Crippen LogP contribution in [0.2, 0.25) is 5.02 Å². The van der Waals surface area contributed by atoms with Gasteiger partial charge in [-0.3, -0.25) is 14.9 Å². The van der Waals surface area contributed by atoms with Gasteiger partial charge in [-0.05, 0) is 19.3 Å². The number of nitrogens with one attached hydrogen (secondary N) is 2. The molecule has 4 heterocycles. The van der Waals surface area contributed by atoms with E-state index in [4.69, 9.17) is 16.3 Å². The minimum absolute atomic E-state index is 0.0624. The second-order valence-corrected chi connectivity index (χ2v) is 8.47. The molecular weight excluding hydrogens is 442 g/mol. The number of anilines is 1. The van der Waals surface area contributed by atoms with Crippen LogP contribution in [0.4, 0.5) is 14.6 Å². The molecule has 8 nitrogen and oxygen atoms in total. The van der Waals surface area contributed by atoms with Gasteiger partial charge in [-0.15, -0.1) is 0 Å². The number of ether oxygens (including phenoxy) is 1. The van der Waals surface area contributed by atoms with Crippen LogP contribution in [0.25, 0.3) is 27.8 Å². The highest BCUT2D eigenvalue weighted by molar-refractivity contribution is 6.35. The van der Waals surface area contributed by atoms with E-state index in [0.29, 0.717) is 46.4 Å². The molecule has 1 saturated carbocycles. The van der Waals surface area contributed by atoms with Crippen molar-refractivity contribution in [2.24, 2.45) is 5.92 Å². The van der Waals surface area contributed by atoms with Gasteiger partial charge in [0.15, 0.2) is 11.5 Å². The van der Waals surface area contributed by atoms with Crippen LogP contribution < -0.4 is 5.32 Å². The Morgan fingerprint density at radius 2 is 2.19 bits per heavy atom. The molecule has 1 amide bonds. The molecule has 164 valence electrons. The molecule has 2 fully saturated rings. The van der Waals surface area contributed by atoms with Gasteiger partial charge in [0.05, 0.1) is 46.8 Å². The lowest BCUT2D eigenvalue weighted by atomic mass is 9.98. The average Bonchev–Trinajstić information content (AvgIpc) is 3.21. The van der Waals surface area contributed by atoms with Crippen molar-refractivity contribution in [1.29, 1.82) is 0 Å². The molecule has 0 bridgehead atoms. The van der Waals surface area contributed by atoms with Gasteiger partial charge in [-0.2, -0.15) is 5.10 Å². The predicted octanol–water partition coefficient (Wildman–Crippen LogP) is 4.21. The zero-order valence-corrected chi connectivity index (χ0v) is 17.4. The van der Waals surface area contributed by atoms with Gasteiger partial charge in [0.25, 0.3) is 0 Å². The summed E-state index contributed by atoms with van der Waals surface area (Å²) in [4.78, 5) is 20.7. The number of hydrogen-bond acceptors (Lipinski definition) is 5. The first kappa shape index (κ1) is 19.6. The van der Waals surface area contributed by atoms with Crippen LogP contribution >= 0.6 is 11.6 Å². The predicted molar refractivity (Wildman–Crippen MR) is 113 cm³/mol. The number of imidazole rings is 1. The first-order valence-electron chi connectivity index (χ1n) is 10.3. The van der Waals surface area contributed by atoms with Gasteiger partial charge in [0.2, 0.25) is 5.91 Å². The Balaban J connectivity index is 1.42. The average molecular weight is 459 g/mol. The minimum atomic E-state index is -1.09. The number of alkyl halides is 1. The Kier molecular flexibility index (Phi) is 4.41. The Hall–Kier alpha value is -3.11. The highest BCUT2D eigenvalue weighted by Crippen LogP contribution is 2.43. The van der Waals surface area contributed by atoms with E-state index in [1.54, 1.807) is 23.0 Å². The summed E-state index contributed by atoms with van der Waals surface area (Å²) in [5.41, 5.74) is 2.18. The summed E-state index contributed by atoms with van der Waals surface area (Å²) in [5, 5.41) is 10.2. The smallest absolute Gasteiger partial charge is 0.231 e. The van der Waals surface area contributed by atoms with Crippen molar-refractivity contribution >= 4 is 39.9 Å². The van der Waals surface area contributed by atoms with Crippen LogP contribution in [-0.2, 0) is 9.53 Å². The number of hydrogen-bond donors (Lipinski definition) is 2. The van der Waals surface area contributed by atoms with Crippen LogP contribution in [0.3, 0.4) is 0 Å². The maximum atomic E-state index is 15.4. The van der Waals surface area contributed by atoms with Crippen molar-refractivity contribution in [2.75, 3.05) is 11.9 Å². The van der Waals surface area contributed by atoms with Crippen LogP contribution in [0.15, 0.2) is 24.8 Å². The number of H-pyrrole nitrogens is 1. The monoisotopic (exact) mass is 458 g/mol. The van der Waals surface area contributed by atoms with Crippen LogP contribution in [-0.4, -0.2) is 43.3 Å². The highest BCUT2D eigenvalue weighted by atomic mass is 35.5. The number of benzene rings is 1. The van der Waals surface area contributed by atoms with Crippen molar-refractivity contribution < 1.29 is 18.3 Å². The SMILES string of the molecule is O=C(Nc1cn2cc(-c3c(Cl)c(F)c(C4CCCO4)c4[nH]ncc34)ncc2n1)[C@@H]1C[C@@H]1F. The fourth-order valence-electron chi connectivity index (χ4n) is 4.24. The highest BCUT2D eigenvalue weighted by Gasteiger charge is 2.43. The standard InChI is InChI=1S/C21H17ClF2N6O2/c22-18-16(10-5-26-29-20(10)17(19(18)24)13-2-1-3-32-13)12-7-30-8-14(27-15(30)6-25-12)28-21(31)9-4-11(9)23/h5-9,11,13H,1-4H2,(H,26,29)(H,28,31)/t9-,11+,13?/m1/s1. The topological polar surface area (TPSA) is 97.2 Å². The van der Waals surface area contributed by atoms with E-state index < -0.39 is 23.8 Å². The molecule has 0 radical (unpaired) electrons. The minimum Gasteiger partial charge on any atom is -0.373 e. The number of amides is 1.